The number of rotatable bonds is 3. The Balaban J connectivity index is 2.56. The highest BCUT2D eigenvalue weighted by Gasteiger charge is 2.46. The third-order valence-electron chi connectivity index (χ3n) is 3.69. The highest BCUT2D eigenvalue weighted by atomic mass is 16.5. The molecular weight excluding hydrogens is 300 g/mol. The van der Waals surface area contributed by atoms with Crippen LogP contribution in [0.25, 0.3) is 0 Å². The first-order valence-electron chi connectivity index (χ1n) is 6.69. The molecule has 22 heavy (non-hydrogen) atoms. The van der Waals surface area contributed by atoms with E-state index in [2.05, 4.69) is 0 Å². The summed E-state index contributed by atoms with van der Waals surface area (Å²) in [4.78, 5) is 25.9. The fourth-order valence-electron chi connectivity index (χ4n) is 2.46. The molecule has 0 amide bonds. The molecule has 124 valence electrons. The van der Waals surface area contributed by atoms with E-state index >= 15 is 0 Å². The molecule has 1 saturated heterocycles. The van der Waals surface area contributed by atoms with Crippen molar-refractivity contribution in [2.75, 3.05) is 6.61 Å². The lowest BCUT2D eigenvalue weighted by Crippen LogP contribution is -2.56. The van der Waals surface area contributed by atoms with Gasteiger partial charge in [-0.3, -0.25) is 14.3 Å². The molecule has 1 unspecified atom stereocenters. The molecule has 0 aromatic carbocycles. The number of aliphatic hydroxyl groups is 4. The maximum atomic E-state index is 12.3. The summed E-state index contributed by atoms with van der Waals surface area (Å²) in [6, 6.07) is 0. The van der Waals surface area contributed by atoms with E-state index in [4.69, 9.17) is 9.84 Å². The van der Waals surface area contributed by atoms with Crippen molar-refractivity contribution in [1.82, 2.24) is 9.55 Å². The highest BCUT2D eigenvalue weighted by molar-refractivity contribution is 5.26. The van der Waals surface area contributed by atoms with Crippen molar-refractivity contribution >= 4 is 0 Å². The average molecular weight is 318 g/mol. The molecule has 1 aromatic rings. The molecular formula is C12H18N2O8. The number of aromatic nitrogens is 2. The second kappa shape index (κ2) is 6.18. The SMILES string of the molecule is CCn1c(=O)[nH]c(O)c(C2O[C@H](CO)[C@@H](O)[C@H](O)[C@H]2O)c1=O. The molecule has 0 spiro atoms. The second-order valence-corrected chi connectivity index (χ2v) is 4.99. The van der Waals surface area contributed by atoms with E-state index in [0.29, 0.717) is 0 Å². The second-order valence-electron chi connectivity index (χ2n) is 4.99. The van der Waals surface area contributed by atoms with Gasteiger partial charge in [-0.2, -0.15) is 0 Å². The number of aromatic hydroxyl groups is 1. The van der Waals surface area contributed by atoms with Gasteiger partial charge in [0.25, 0.3) is 5.56 Å². The van der Waals surface area contributed by atoms with E-state index in [1.165, 1.54) is 6.92 Å². The standard InChI is InChI=1S/C12H18N2O8/c1-2-14-11(20)5(10(19)13-12(14)21)9-8(18)7(17)6(16)4(3-15)22-9/h4,6-9,15-19H,2-3H2,1H3,(H,13,21)/t4-,6-,7+,8-,9?/m1/s1. The Morgan fingerprint density at radius 1 is 1.18 bits per heavy atom. The third kappa shape index (κ3) is 2.55. The van der Waals surface area contributed by atoms with Crippen molar-refractivity contribution in [3.63, 3.8) is 0 Å². The third-order valence-corrected chi connectivity index (χ3v) is 3.69. The van der Waals surface area contributed by atoms with Crippen LogP contribution in [0.2, 0.25) is 0 Å². The summed E-state index contributed by atoms with van der Waals surface area (Å²) < 4.78 is 5.99. The first-order chi connectivity index (χ1) is 10.3. The van der Waals surface area contributed by atoms with Crippen molar-refractivity contribution in [2.24, 2.45) is 0 Å². The summed E-state index contributed by atoms with van der Waals surface area (Å²) in [6.07, 6.45) is -7.76. The number of hydrogen-bond donors (Lipinski definition) is 6. The Bertz CT molecular complexity index is 652. The van der Waals surface area contributed by atoms with Crippen LogP contribution >= 0.6 is 0 Å². The van der Waals surface area contributed by atoms with Crippen LogP contribution in [-0.4, -0.2) is 66.1 Å². The summed E-state index contributed by atoms with van der Waals surface area (Å²) >= 11 is 0. The van der Waals surface area contributed by atoms with Crippen LogP contribution in [0.5, 0.6) is 5.88 Å². The van der Waals surface area contributed by atoms with Crippen LogP contribution in [0, 0.1) is 0 Å². The van der Waals surface area contributed by atoms with Crippen LogP contribution in [-0.2, 0) is 11.3 Å². The minimum atomic E-state index is -1.73. The molecule has 0 saturated carbocycles. The molecule has 6 N–H and O–H groups in total. The zero-order valence-corrected chi connectivity index (χ0v) is 11.7. The predicted octanol–water partition coefficient (Wildman–Crippen LogP) is -3.22. The van der Waals surface area contributed by atoms with Gasteiger partial charge in [-0.25, -0.2) is 4.79 Å². The van der Waals surface area contributed by atoms with E-state index in [0.717, 1.165) is 4.57 Å². The first-order valence-corrected chi connectivity index (χ1v) is 6.69. The summed E-state index contributed by atoms with van der Waals surface area (Å²) in [7, 11) is 0. The maximum Gasteiger partial charge on any atom is 0.331 e. The van der Waals surface area contributed by atoms with E-state index in [1.54, 1.807) is 0 Å². The average Bonchev–Trinajstić information content (AvgIpc) is 2.47. The van der Waals surface area contributed by atoms with Gasteiger partial charge in [-0.1, -0.05) is 0 Å². The Kier molecular flexibility index (Phi) is 4.68. The number of H-pyrrole nitrogens is 1. The quantitative estimate of drug-likeness (QED) is 0.338. The van der Waals surface area contributed by atoms with Crippen molar-refractivity contribution in [3.8, 4) is 5.88 Å². The van der Waals surface area contributed by atoms with Crippen molar-refractivity contribution < 1.29 is 30.3 Å². The van der Waals surface area contributed by atoms with Crippen LogP contribution in [0.4, 0.5) is 0 Å². The lowest BCUT2D eigenvalue weighted by molar-refractivity contribution is -0.232. The normalized spacial score (nSPS) is 32.1. The first kappa shape index (κ1) is 16.6. The molecule has 10 heteroatoms. The molecule has 1 aliphatic rings. The lowest BCUT2D eigenvalue weighted by atomic mass is 9.92. The summed E-state index contributed by atoms with van der Waals surface area (Å²) in [6.45, 7) is 0.872. The van der Waals surface area contributed by atoms with Crippen LogP contribution in [0.3, 0.4) is 0 Å². The largest absolute Gasteiger partial charge is 0.494 e. The maximum absolute atomic E-state index is 12.3. The summed E-state index contributed by atoms with van der Waals surface area (Å²) in [5, 5.41) is 48.4. The predicted molar refractivity (Wildman–Crippen MR) is 71.4 cm³/mol. The minimum absolute atomic E-state index is 0.0128. The molecule has 0 aliphatic carbocycles. The van der Waals surface area contributed by atoms with Crippen LogP contribution in [0.1, 0.15) is 18.6 Å². The molecule has 1 aromatic heterocycles. The number of aliphatic hydroxyl groups excluding tert-OH is 4. The number of ether oxygens (including phenoxy) is 1. The highest BCUT2D eigenvalue weighted by Crippen LogP contribution is 2.33. The van der Waals surface area contributed by atoms with E-state index < -0.39 is 59.8 Å². The monoisotopic (exact) mass is 318 g/mol. The van der Waals surface area contributed by atoms with Gasteiger partial charge in [0.2, 0.25) is 5.88 Å². The van der Waals surface area contributed by atoms with Gasteiger partial charge in [0, 0.05) is 6.54 Å². The topological polar surface area (TPSA) is 165 Å². The molecule has 0 bridgehead atoms. The molecule has 0 radical (unpaired) electrons. The number of aromatic amines is 1. The zero-order valence-electron chi connectivity index (χ0n) is 11.7. The van der Waals surface area contributed by atoms with Gasteiger partial charge < -0.3 is 30.3 Å². The smallest absolute Gasteiger partial charge is 0.331 e. The number of nitrogens with zero attached hydrogens (tertiary/aromatic N) is 1. The van der Waals surface area contributed by atoms with Crippen molar-refractivity contribution in [2.45, 2.75) is 44.0 Å². The van der Waals surface area contributed by atoms with E-state index in [9.17, 15) is 30.0 Å². The Morgan fingerprint density at radius 2 is 1.82 bits per heavy atom. The molecule has 2 rings (SSSR count). The van der Waals surface area contributed by atoms with E-state index in [-0.39, 0.29) is 6.54 Å². The Morgan fingerprint density at radius 3 is 2.36 bits per heavy atom. The van der Waals surface area contributed by atoms with Gasteiger partial charge in [0.05, 0.1) is 6.61 Å². The summed E-state index contributed by atoms with van der Waals surface area (Å²) in [5.41, 5.74) is -2.19. The fraction of sp³-hybridized carbons (Fsp3) is 0.667. The summed E-state index contributed by atoms with van der Waals surface area (Å²) in [5.74, 6) is -0.802. The number of nitrogens with one attached hydrogen (secondary N) is 1. The van der Waals surface area contributed by atoms with E-state index in [1.807, 2.05) is 4.98 Å². The van der Waals surface area contributed by atoms with Gasteiger partial charge >= 0.3 is 5.69 Å². The minimum Gasteiger partial charge on any atom is -0.494 e. The van der Waals surface area contributed by atoms with Crippen LogP contribution < -0.4 is 11.2 Å². The van der Waals surface area contributed by atoms with Gasteiger partial charge in [0.1, 0.15) is 36.1 Å². The molecule has 10 nitrogen and oxygen atoms in total. The Labute approximate surface area is 123 Å². The molecule has 1 aliphatic heterocycles. The molecule has 1 fully saturated rings. The van der Waals surface area contributed by atoms with Gasteiger partial charge in [0.15, 0.2) is 0 Å². The Hall–Kier alpha value is -1.72. The zero-order chi connectivity index (χ0) is 16.6. The molecule has 2 heterocycles. The van der Waals surface area contributed by atoms with Crippen molar-refractivity contribution in [3.05, 3.63) is 26.4 Å². The lowest BCUT2D eigenvalue weighted by Gasteiger charge is -2.39. The fourth-order valence-corrected chi connectivity index (χ4v) is 2.46. The number of hydrogen-bond acceptors (Lipinski definition) is 8. The van der Waals surface area contributed by atoms with Gasteiger partial charge in [-0.15, -0.1) is 0 Å². The van der Waals surface area contributed by atoms with Crippen molar-refractivity contribution in [1.29, 1.82) is 0 Å². The van der Waals surface area contributed by atoms with Gasteiger partial charge in [-0.05, 0) is 6.92 Å². The van der Waals surface area contributed by atoms with Crippen LogP contribution in [0.15, 0.2) is 9.59 Å². The molecule has 5 atom stereocenters.